The van der Waals surface area contributed by atoms with Crippen molar-refractivity contribution in [1.29, 1.82) is 0 Å². The highest BCUT2D eigenvalue weighted by Gasteiger charge is 2.15. The second-order valence-corrected chi connectivity index (χ2v) is 5.16. The quantitative estimate of drug-likeness (QED) is 0.933. The number of piperidine rings is 1. The van der Waals surface area contributed by atoms with Gasteiger partial charge >= 0.3 is 0 Å². The van der Waals surface area contributed by atoms with Crippen molar-refractivity contribution in [2.45, 2.75) is 32.3 Å². The van der Waals surface area contributed by atoms with Gasteiger partial charge in [-0.2, -0.15) is 0 Å². The molecule has 4 heteroatoms. The summed E-state index contributed by atoms with van der Waals surface area (Å²) in [5.74, 6) is 1.49. The summed E-state index contributed by atoms with van der Waals surface area (Å²) < 4.78 is 11.7. The van der Waals surface area contributed by atoms with Crippen LogP contribution in [-0.2, 0) is 6.42 Å². The number of rotatable bonds is 3. The Hall–Kier alpha value is -1.81. The molecule has 3 rings (SSSR count). The van der Waals surface area contributed by atoms with E-state index in [1.165, 1.54) is 0 Å². The minimum absolute atomic E-state index is 0.0107. The Labute approximate surface area is 117 Å². The summed E-state index contributed by atoms with van der Waals surface area (Å²) in [6.07, 6.45) is 2.98. The summed E-state index contributed by atoms with van der Waals surface area (Å²) in [7, 11) is 0. The van der Waals surface area contributed by atoms with Gasteiger partial charge in [0.2, 0.25) is 0 Å². The Bertz CT molecular complexity index is 656. The lowest BCUT2D eigenvalue weighted by Gasteiger charge is -2.23. The molecule has 2 aromatic rings. The number of hydrogen-bond donors (Lipinski definition) is 1. The normalized spacial score (nSPS) is 16.4. The standard InChI is InChI=1S/C16H19NO3/c1-2-11-9-15(18)14-4-3-13(10-16(14)20-11)19-12-5-7-17-8-6-12/h3-4,9-10,12,17H,2,5-8H2,1H3. The van der Waals surface area contributed by atoms with E-state index in [0.29, 0.717) is 23.2 Å². The van der Waals surface area contributed by atoms with Crippen LogP contribution < -0.4 is 15.5 Å². The summed E-state index contributed by atoms with van der Waals surface area (Å²) in [6, 6.07) is 7.04. The second-order valence-electron chi connectivity index (χ2n) is 5.16. The number of nitrogens with one attached hydrogen (secondary N) is 1. The van der Waals surface area contributed by atoms with Crippen LogP contribution in [0.5, 0.6) is 5.75 Å². The molecule has 20 heavy (non-hydrogen) atoms. The molecule has 0 radical (unpaired) electrons. The van der Waals surface area contributed by atoms with Crippen LogP contribution in [0, 0.1) is 0 Å². The largest absolute Gasteiger partial charge is 0.490 e. The van der Waals surface area contributed by atoms with Crippen LogP contribution >= 0.6 is 0 Å². The summed E-state index contributed by atoms with van der Waals surface area (Å²) >= 11 is 0. The molecule has 1 aromatic carbocycles. The van der Waals surface area contributed by atoms with Crippen molar-refractivity contribution in [3.8, 4) is 5.75 Å². The van der Waals surface area contributed by atoms with Gasteiger partial charge in [0.05, 0.1) is 5.39 Å². The van der Waals surface area contributed by atoms with Crippen molar-refractivity contribution in [2.24, 2.45) is 0 Å². The Kier molecular flexibility index (Phi) is 3.74. The van der Waals surface area contributed by atoms with E-state index < -0.39 is 0 Å². The number of benzene rings is 1. The van der Waals surface area contributed by atoms with Gasteiger partial charge in [0.15, 0.2) is 5.43 Å². The molecule has 1 aliphatic heterocycles. The van der Waals surface area contributed by atoms with E-state index in [1.54, 1.807) is 12.1 Å². The van der Waals surface area contributed by atoms with Crippen molar-refractivity contribution in [3.05, 3.63) is 40.2 Å². The highest BCUT2D eigenvalue weighted by atomic mass is 16.5. The molecule has 1 saturated heterocycles. The molecule has 4 nitrogen and oxygen atoms in total. The minimum atomic E-state index is 0.0107. The average Bonchev–Trinajstić information content (AvgIpc) is 2.48. The molecule has 0 unspecified atom stereocenters. The van der Waals surface area contributed by atoms with E-state index >= 15 is 0 Å². The maximum atomic E-state index is 12.0. The van der Waals surface area contributed by atoms with Gasteiger partial charge in [-0.25, -0.2) is 0 Å². The third kappa shape index (κ3) is 2.70. The summed E-state index contributed by atoms with van der Waals surface area (Å²) in [5, 5.41) is 3.92. The van der Waals surface area contributed by atoms with Gasteiger partial charge in [-0.3, -0.25) is 4.79 Å². The lowest BCUT2D eigenvalue weighted by Crippen LogP contribution is -2.34. The lowest BCUT2D eigenvalue weighted by atomic mass is 10.1. The minimum Gasteiger partial charge on any atom is -0.490 e. The summed E-state index contributed by atoms with van der Waals surface area (Å²) in [6.45, 7) is 3.96. The monoisotopic (exact) mass is 273 g/mol. The predicted molar refractivity (Wildman–Crippen MR) is 78.4 cm³/mol. The first-order valence-electron chi connectivity index (χ1n) is 7.20. The molecule has 0 bridgehead atoms. The van der Waals surface area contributed by atoms with E-state index in [4.69, 9.17) is 9.15 Å². The molecule has 106 valence electrons. The second kappa shape index (κ2) is 5.67. The van der Waals surface area contributed by atoms with Crippen LogP contribution in [-0.4, -0.2) is 19.2 Å². The van der Waals surface area contributed by atoms with Crippen molar-refractivity contribution in [3.63, 3.8) is 0 Å². The summed E-state index contributed by atoms with van der Waals surface area (Å²) in [5.41, 5.74) is 0.623. The molecule has 0 amide bonds. The molecule has 1 N–H and O–H groups in total. The zero-order chi connectivity index (χ0) is 13.9. The molecule has 1 fully saturated rings. The Balaban J connectivity index is 1.90. The van der Waals surface area contributed by atoms with Crippen LogP contribution in [0.3, 0.4) is 0 Å². The molecule has 0 atom stereocenters. The van der Waals surface area contributed by atoms with Crippen LogP contribution in [0.1, 0.15) is 25.5 Å². The number of ether oxygens (including phenoxy) is 1. The zero-order valence-corrected chi connectivity index (χ0v) is 11.6. The van der Waals surface area contributed by atoms with Crippen LogP contribution in [0.4, 0.5) is 0 Å². The van der Waals surface area contributed by atoms with E-state index in [2.05, 4.69) is 5.32 Å². The van der Waals surface area contributed by atoms with Gasteiger partial charge in [-0.1, -0.05) is 6.92 Å². The fraction of sp³-hybridized carbons (Fsp3) is 0.438. The predicted octanol–water partition coefficient (Wildman–Crippen LogP) is 2.49. The maximum Gasteiger partial charge on any atom is 0.192 e. The molecule has 0 saturated carbocycles. The van der Waals surface area contributed by atoms with Crippen LogP contribution in [0.2, 0.25) is 0 Å². The molecule has 0 spiro atoms. The van der Waals surface area contributed by atoms with Gasteiger partial charge < -0.3 is 14.5 Å². The molecule has 1 aliphatic rings. The molecular formula is C16H19NO3. The van der Waals surface area contributed by atoms with Crippen molar-refractivity contribution < 1.29 is 9.15 Å². The average molecular weight is 273 g/mol. The van der Waals surface area contributed by atoms with Crippen molar-refractivity contribution in [1.82, 2.24) is 5.32 Å². The summed E-state index contributed by atoms with van der Waals surface area (Å²) in [4.78, 5) is 12.0. The maximum absolute atomic E-state index is 12.0. The first kappa shape index (κ1) is 13.2. The number of aryl methyl sites for hydroxylation is 1. The van der Waals surface area contributed by atoms with E-state index in [1.807, 2.05) is 19.1 Å². The van der Waals surface area contributed by atoms with Gasteiger partial charge in [0.1, 0.15) is 23.2 Å². The topological polar surface area (TPSA) is 51.5 Å². The first-order valence-corrected chi connectivity index (χ1v) is 7.20. The Morgan fingerprint density at radius 1 is 1.30 bits per heavy atom. The third-order valence-corrected chi connectivity index (χ3v) is 3.69. The van der Waals surface area contributed by atoms with E-state index in [0.717, 1.165) is 31.7 Å². The van der Waals surface area contributed by atoms with E-state index in [-0.39, 0.29) is 11.5 Å². The molecule has 2 heterocycles. The zero-order valence-electron chi connectivity index (χ0n) is 11.6. The molecule has 0 aliphatic carbocycles. The lowest BCUT2D eigenvalue weighted by molar-refractivity contribution is 0.162. The van der Waals surface area contributed by atoms with Crippen LogP contribution in [0.25, 0.3) is 11.0 Å². The highest BCUT2D eigenvalue weighted by molar-refractivity contribution is 5.77. The van der Waals surface area contributed by atoms with Gasteiger partial charge in [0.25, 0.3) is 0 Å². The fourth-order valence-electron chi connectivity index (χ4n) is 2.54. The SMILES string of the molecule is CCc1cc(=O)c2ccc(OC3CCNCC3)cc2o1. The van der Waals surface area contributed by atoms with Crippen molar-refractivity contribution in [2.75, 3.05) is 13.1 Å². The first-order chi connectivity index (χ1) is 9.76. The van der Waals surface area contributed by atoms with Crippen LogP contribution in [0.15, 0.2) is 33.5 Å². The molecular weight excluding hydrogens is 254 g/mol. The highest BCUT2D eigenvalue weighted by Crippen LogP contribution is 2.22. The Morgan fingerprint density at radius 2 is 2.10 bits per heavy atom. The molecule has 1 aromatic heterocycles. The van der Waals surface area contributed by atoms with Crippen molar-refractivity contribution >= 4 is 11.0 Å². The number of fused-ring (bicyclic) bond motifs is 1. The smallest absolute Gasteiger partial charge is 0.192 e. The van der Waals surface area contributed by atoms with Gasteiger partial charge in [-0.15, -0.1) is 0 Å². The third-order valence-electron chi connectivity index (χ3n) is 3.69. The number of hydrogen-bond acceptors (Lipinski definition) is 4. The Morgan fingerprint density at radius 3 is 2.85 bits per heavy atom. The fourth-order valence-corrected chi connectivity index (χ4v) is 2.54. The van der Waals surface area contributed by atoms with E-state index in [9.17, 15) is 4.79 Å². The van der Waals surface area contributed by atoms with Gasteiger partial charge in [0, 0.05) is 18.6 Å². The van der Waals surface area contributed by atoms with Gasteiger partial charge in [-0.05, 0) is 38.1 Å².